The molecule has 0 saturated carbocycles. The van der Waals surface area contributed by atoms with Crippen LogP contribution in [0.2, 0.25) is 0 Å². The van der Waals surface area contributed by atoms with Gasteiger partial charge in [-0.3, -0.25) is 4.79 Å². The minimum atomic E-state index is -0.982. The second-order valence-electron chi connectivity index (χ2n) is 4.67. The molecule has 108 valence electrons. The van der Waals surface area contributed by atoms with E-state index in [0.29, 0.717) is 12.8 Å². The molecule has 1 aromatic rings. The zero-order valence-corrected chi connectivity index (χ0v) is 11.0. The molecule has 1 N–H and O–H groups in total. The molecule has 0 aromatic heterocycles. The maximum absolute atomic E-state index is 13.6. The largest absolute Gasteiger partial charge is 0.491 e. The van der Waals surface area contributed by atoms with Crippen LogP contribution in [0, 0.1) is 5.82 Å². The number of carboxylic acids is 1. The summed E-state index contributed by atoms with van der Waals surface area (Å²) in [5.41, 5.74) is 0.0143. The zero-order valence-electron chi connectivity index (χ0n) is 11.0. The molecule has 1 aromatic carbocycles. The van der Waals surface area contributed by atoms with Crippen molar-refractivity contribution in [2.75, 3.05) is 6.61 Å². The maximum atomic E-state index is 13.6. The predicted octanol–water partition coefficient (Wildman–Crippen LogP) is 2.04. The van der Waals surface area contributed by atoms with Gasteiger partial charge in [0, 0.05) is 6.07 Å². The molecule has 2 atom stereocenters. The number of hydrogen-bond acceptors (Lipinski definition) is 4. The molecule has 1 saturated heterocycles. The first-order chi connectivity index (χ1) is 9.47. The van der Waals surface area contributed by atoms with Crippen LogP contribution in [0.3, 0.4) is 0 Å². The Bertz CT molecular complexity index is 528. The third-order valence-corrected chi connectivity index (χ3v) is 3.14. The van der Waals surface area contributed by atoms with Crippen molar-refractivity contribution in [2.24, 2.45) is 0 Å². The summed E-state index contributed by atoms with van der Waals surface area (Å²) in [6.45, 7) is 1.44. The molecule has 1 aliphatic rings. The highest BCUT2D eigenvalue weighted by Gasteiger charge is 2.30. The summed E-state index contributed by atoms with van der Waals surface area (Å²) in [4.78, 5) is 21.8. The van der Waals surface area contributed by atoms with Gasteiger partial charge in [0.2, 0.25) is 0 Å². The lowest BCUT2D eigenvalue weighted by Crippen LogP contribution is -2.23. The lowest BCUT2D eigenvalue weighted by atomic mass is 10.1. The average molecular weight is 282 g/mol. The summed E-state index contributed by atoms with van der Waals surface area (Å²) >= 11 is 0. The van der Waals surface area contributed by atoms with Gasteiger partial charge >= 0.3 is 5.97 Å². The first kappa shape index (κ1) is 14.5. The Hall–Kier alpha value is -1.95. The maximum Gasteiger partial charge on any atom is 0.332 e. The molecule has 5 nitrogen and oxygen atoms in total. The van der Waals surface area contributed by atoms with Gasteiger partial charge < -0.3 is 14.6 Å². The van der Waals surface area contributed by atoms with Crippen LogP contribution in [-0.2, 0) is 9.53 Å². The van der Waals surface area contributed by atoms with E-state index in [4.69, 9.17) is 14.6 Å². The van der Waals surface area contributed by atoms with Crippen LogP contribution in [0.5, 0.6) is 5.75 Å². The monoisotopic (exact) mass is 282 g/mol. The van der Waals surface area contributed by atoms with Crippen LogP contribution in [-0.4, -0.2) is 35.7 Å². The molecular formula is C14H15FO5. The van der Waals surface area contributed by atoms with Crippen molar-refractivity contribution < 1.29 is 28.6 Å². The molecule has 0 bridgehead atoms. The molecular weight excluding hydrogens is 267 g/mol. The van der Waals surface area contributed by atoms with Crippen molar-refractivity contribution in [3.05, 3.63) is 29.6 Å². The number of halogens is 1. The minimum absolute atomic E-state index is 0.0143. The van der Waals surface area contributed by atoms with Gasteiger partial charge in [0.1, 0.15) is 18.2 Å². The summed E-state index contributed by atoms with van der Waals surface area (Å²) in [7, 11) is 0. The topological polar surface area (TPSA) is 72.8 Å². The highest BCUT2D eigenvalue weighted by Crippen LogP contribution is 2.22. The molecule has 2 unspecified atom stereocenters. The Morgan fingerprint density at radius 1 is 1.45 bits per heavy atom. The molecule has 0 radical (unpaired) electrons. The molecule has 0 amide bonds. The van der Waals surface area contributed by atoms with E-state index in [9.17, 15) is 14.0 Å². The Labute approximate surface area is 115 Å². The molecule has 2 rings (SSSR count). The van der Waals surface area contributed by atoms with E-state index < -0.39 is 17.9 Å². The smallest absolute Gasteiger partial charge is 0.332 e. The first-order valence-corrected chi connectivity index (χ1v) is 6.29. The number of ether oxygens (including phenoxy) is 2. The predicted molar refractivity (Wildman–Crippen MR) is 67.4 cm³/mol. The molecule has 1 aliphatic heterocycles. The van der Waals surface area contributed by atoms with Crippen molar-refractivity contribution in [3.63, 3.8) is 0 Å². The fourth-order valence-corrected chi connectivity index (χ4v) is 2.07. The van der Waals surface area contributed by atoms with Gasteiger partial charge in [-0.1, -0.05) is 0 Å². The van der Waals surface area contributed by atoms with Crippen molar-refractivity contribution in [2.45, 2.75) is 32.0 Å². The molecule has 1 fully saturated rings. The molecule has 20 heavy (non-hydrogen) atoms. The fraction of sp³-hybridized carbons (Fsp3) is 0.429. The van der Waals surface area contributed by atoms with E-state index in [1.54, 1.807) is 0 Å². The van der Waals surface area contributed by atoms with E-state index in [0.717, 1.165) is 6.07 Å². The van der Waals surface area contributed by atoms with E-state index in [2.05, 4.69) is 0 Å². The summed E-state index contributed by atoms with van der Waals surface area (Å²) < 4.78 is 24.2. The minimum Gasteiger partial charge on any atom is -0.491 e. The van der Waals surface area contributed by atoms with Gasteiger partial charge in [0.25, 0.3) is 0 Å². The van der Waals surface area contributed by atoms with Crippen LogP contribution < -0.4 is 4.74 Å². The molecule has 6 heteroatoms. The number of benzene rings is 1. The number of ketones is 1. The van der Waals surface area contributed by atoms with E-state index in [1.165, 1.54) is 19.1 Å². The summed E-state index contributed by atoms with van der Waals surface area (Å²) in [6, 6.07) is 4.01. The molecule has 1 heterocycles. The molecule has 0 aliphatic carbocycles. The van der Waals surface area contributed by atoms with Crippen molar-refractivity contribution in [1.82, 2.24) is 0 Å². The van der Waals surface area contributed by atoms with Crippen LogP contribution in [0.25, 0.3) is 0 Å². The lowest BCUT2D eigenvalue weighted by Gasteiger charge is -2.13. The Morgan fingerprint density at radius 2 is 2.20 bits per heavy atom. The van der Waals surface area contributed by atoms with Gasteiger partial charge in [-0.2, -0.15) is 0 Å². The number of hydrogen-bond donors (Lipinski definition) is 1. The van der Waals surface area contributed by atoms with E-state index in [1.807, 2.05) is 0 Å². The number of carboxylic acid groups (broad SMARTS) is 1. The molecule has 0 spiro atoms. The summed E-state index contributed by atoms with van der Waals surface area (Å²) in [6.07, 6.45) is -0.0709. The fourth-order valence-electron chi connectivity index (χ4n) is 2.07. The average Bonchev–Trinajstić information content (AvgIpc) is 2.85. The first-order valence-electron chi connectivity index (χ1n) is 6.29. The highest BCUT2D eigenvalue weighted by molar-refractivity contribution is 5.94. The summed E-state index contributed by atoms with van der Waals surface area (Å²) in [5.74, 6) is -1.68. The van der Waals surface area contributed by atoms with Crippen molar-refractivity contribution in [3.8, 4) is 5.75 Å². The lowest BCUT2D eigenvalue weighted by molar-refractivity contribution is -0.149. The number of Topliss-reactive ketones (excluding diaryl/α,β-unsaturated/α-hetero) is 1. The van der Waals surface area contributed by atoms with Crippen LogP contribution in [0.15, 0.2) is 18.2 Å². The number of rotatable bonds is 5. The SMILES string of the molecule is CC(=O)c1ccc(OCC2CCC(C(=O)O)O2)cc1F. The second kappa shape index (κ2) is 6.00. The van der Waals surface area contributed by atoms with E-state index in [-0.39, 0.29) is 29.8 Å². The normalized spacial score (nSPS) is 21.7. The second-order valence-corrected chi connectivity index (χ2v) is 4.67. The van der Waals surface area contributed by atoms with Gasteiger partial charge in [-0.25, -0.2) is 9.18 Å². The van der Waals surface area contributed by atoms with Crippen LogP contribution in [0.4, 0.5) is 4.39 Å². The van der Waals surface area contributed by atoms with Gasteiger partial charge in [0.05, 0.1) is 11.7 Å². The standard InChI is InChI=1S/C14H15FO5/c1-8(16)11-4-2-9(6-12(11)15)19-7-10-3-5-13(20-10)14(17)18/h2,4,6,10,13H,3,5,7H2,1H3,(H,17,18). The Balaban J connectivity index is 1.90. The van der Waals surface area contributed by atoms with Gasteiger partial charge in [0.15, 0.2) is 11.9 Å². The number of carbonyl (C=O) groups is 2. The number of carbonyl (C=O) groups excluding carboxylic acids is 1. The van der Waals surface area contributed by atoms with Gasteiger partial charge in [-0.05, 0) is 31.9 Å². The quantitative estimate of drug-likeness (QED) is 0.837. The summed E-state index contributed by atoms with van der Waals surface area (Å²) in [5, 5.41) is 8.79. The Morgan fingerprint density at radius 3 is 2.75 bits per heavy atom. The zero-order chi connectivity index (χ0) is 14.7. The Kier molecular flexibility index (Phi) is 4.34. The van der Waals surface area contributed by atoms with E-state index >= 15 is 0 Å². The van der Waals surface area contributed by atoms with Crippen molar-refractivity contribution in [1.29, 1.82) is 0 Å². The van der Waals surface area contributed by atoms with Crippen LogP contribution >= 0.6 is 0 Å². The van der Waals surface area contributed by atoms with Gasteiger partial charge in [-0.15, -0.1) is 0 Å². The third kappa shape index (κ3) is 3.33. The third-order valence-electron chi connectivity index (χ3n) is 3.14. The van der Waals surface area contributed by atoms with Crippen LogP contribution in [0.1, 0.15) is 30.1 Å². The van der Waals surface area contributed by atoms with Crippen molar-refractivity contribution >= 4 is 11.8 Å². The number of aliphatic carboxylic acids is 1. The highest BCUT2D eigenvalue weighted by atomic mass is 19.1.